The molecule has 2 amide bonds. The first-order chi connectivity index (χ1) is 18.6. The zero-order chi connectivity index (χ0) is 27.9. The van der Waals surface area contributed by atoms with E-state index in [1.807, 2.05) is 0 Å². The highest BCUT2D eigenvalue weighted by atomic mass is 32.1. The minimum absolute atomic E-state index is 0.00369. The molecule has 0 saturated heterocycles. The SMILES string of the molecule is CN(C)C(=O)c1ccc(-n2nc(-c3cccnc3)c3c2-c2sc(NC(=O)CO)nc2CC3)c(OC(F)(F)F)c1. The molecule has 1 aromatic carbocycles. The molecule has 0 atom stereocenters. The van der Waals surface area contributed by atoms with E-state index in [4.69, 9.17) is 10.2 Å². The van der Waals surface area contributed by atoms with Crippen LogP contribution in [-0.4, -0.2) is 68.6 Å². The molecule has 3 heterocycles. The number of benzene rings is 1. The summed E-state index contributed by atoms with van der Waals surface area (Å²) < 4.78 is 46.3. The number of pyridine rings is 1. The lowest BCUT2D eigenvalue weighted by molar-refractivity contribution is -0.274. The van der Waals surface area contributed by atoms with Crippen molar-refractivity contribution >= 4 is 28.3 Å². The average molecular weight is 559 g/mol. The molecule has 0 fully saturated rings. The molecular formula is C25H21F3N6O4S. The van der Waals surface area contributed by atoms with Crippen LogP contribution in [0.5, 0.6) is 5.75 Å². The average Bonchev–Trinajstić information content (AvgIpc) is 3.48. The van der Waals surface area contributed by atoms with Crippen molar-refractivity contribution in [1.29, 1.82) is 0 Å². The minimum Gasteiger partial charge on any atom is -0.403 e. The van der Waals surface area contributed by atoms with E-state index >= 15 is 0 Å². The van der Waals surface area contributed by atoms with Gasteiger partial charge in [-0.1, -0.05) is 11.3 Å². The minimum atomic E-state index is -5.04. The zero-order valence-electron chi connectivity index (χ0n) is 20.6. The number of anilines is 1. The molecule has 5 rings (SSSR count). The number of aliphatic hydroxyl groups excluding tert-OH is 1. The van der Waals surface area contributed by atoms with Crippen LogP contribution in [0, 0.1) is 0 Å². The molecule has 4 aromatic rings. The first-order valence-corrected chi connectivity index (χ1v) is 12.4. The Morgan fingerprint density at radius 2 is 2.03 bits per heavy atom. The number of amides is 2. The van der Waals surface area contributed by atoms with E-state index in [-0.39, 0.29) is 16.4 Å². The molecular weight excluding hydrogens is 537 g/mol. The number of aromatic nitrogens is 4. The number of rotatable bonds is 6. The summed E-state index contributed by atoms with van der Waals surface area (Å²) in [4.78, 5) is 34.7. The number of nitrogens with one attached hydrogen (secondary N) is 1. The standard InChI is InChI=1S/C25H21F3N6O4S/c1-33(2)23(37)13-5-8-17(18(10-13)38-25(26,27)28)34-21-15(20(32-34)14-4-3-9-29-11-14)6-7-16-22(21)39-24(30-16)31-19(36)12-35/h3-5,8-11,35H,6-7,12H2,1-2H3,(H,30,31,36). The van der Waals surface area contributed by atoms with Crippen molar-refractivity contribution in [3.8, 4) is 33.3 Å². The molecule has 0 aliphatic heterocycles. The van der Waals surface area contributed by atoms with Crippen LogP contribution in [0.3, 0.4) is 0 Å². The Bertz CT molecular complexity index is 1570. The summed E-state index contributed by atoms with van der Waals surface area (Å²) in [5, 5.41) is 16.6. The van der Waals surface area contributed by atoms with Gasteiger partial charge >= 0.3 is 6.36 Å². The lowest BCUT2D eigenvalue weighted by Crippen LogP contribution is -2.23. The second-order valence-electron chi connectivity index (χ2n) is 8.76. The summed E-state index contributed by atoms with van der Waals surface area (Å²) in [6.45, 7) is -0.727. The van der Waals surface area contributed by atoms with Crippen molar-refractivity contribution in [2.45, 2.75) is 19.2 Å². The van der Waals surface area contributed by atoms with Crippen LogP contribution in [0.1, 0.15) is 21.6 Å². The van der Waals surface area contributed by atoms with E-state index in [2.05, 4.69) is 20.0 Å². The van der Waals surface area contributed by atoms with Crippen molar-refractivity contribution in [3.05, 3.63) is 59.5 Å². The number of carbonyl (C=O) groups is 2. The van der Waals surface area contributed by atoms with Crippen molar-refractivity contribution in [2.75, 3.05) is 26.0 Å². The number of fused-ring (bicyclic) bond motifs is 3. The van der Waals surface area contributed by atoms with Gasteiger partial charge in [0.1, 0.15) is 12.3 Å². The quantitative estimate of drug-likeness (QED) is 0.370. The van der Waals surface area contributed by atoms with Gasteiger partial charge in [-0.3, -0.25) is 19.9 Å². The molecule has 39 heavy (non-hydrogen) atoms. The fourth-order valence-electron chi connectivity index (χ4n) is 4.28. The Morgan fingerprint density at radius 3 is 2.69 bits per heavy atom. The molecule has 14 heteroatoms. The summed E-state index contributed by atoms with van der Waals surface area (Å²) in [6, 6.07) is 7.31. The largest absolute Gasteiger partial charge is 0.573 e. The zero-order valence-corrected chi connectivity index (χ0v) is 21.4. The van der Waals surface area contributed by atoms with E-state index in [1.165, 1.54) is 35.8 Å². The first-order valence-electron chi connectivity index (χ1n) is 11.6. The third-order valence-corrected chi connectivity index (χ3v) is 6.92. The fourth-order valence-corrected chi connectivity index (χ4v) is 5.36. The Morgan fingerprint density at radius 1 is 1.23 bits per heavy atom. The van der Waals surface area contributed by atoms with Gasteiger partial charge in [-0.05, 0) is 43.2 Å². The molecule has 0 saturated carbocycles. The van der Waals surface area contributed by atoms with Gasteiger partial charge in [-0.15, -0.1) is 13.2 Å². The van der Waals surface area contributed by atoms with Gasteiger partial charge in [0.15, 0.2) is 10.9 Å². The van der Waals surface area contributed by atoms with Crippen LogP contribution in [0.4, 0.5) is 18.3 Å². The van der Waals surface area contributed by atoms with Crippen LogP contribution in [0.2, 0.25) is 0 Å². The Hall–Kier alpha value is -4.30. The predicted molar refractivity (Wildman–Crippen MR) is 136 cm³/mol. The van der Waals surface area contributed by atoms with Crippen molar-refractivity contribution in [1.82, 2.24) is 24.6 Å². The molecule has 10 nitrogen and oxygen atoms in total. The summed E-state index contributed by atoms with van der Waals surface area (Å²) >= 11 is 1.12. The Labute approximate surface area is 223 Å². The van der Waals surface area contributed by atoms with Gasteiger partial charge in [-0.2, -0.15) is 5.10 Å². The molecule has 1 aliphatic carbocycles. The number of ether oxygens (including phenoxy) is 1. The molecule has 0 radical (unpaired) electrons. The highest BCUT2D eigenvalue weighted by molar-refractivity contribution is 7.19. The van der Waals surface area contributed by atoms with Crippen molar-refractivity contribution < 1.29 is 32.6 Å². The maximum atomic E-state index is 13.5. The summed E-state index contributed by atoms with van der Waals surface area (Å²) in [7, 11) is 2.98. The summed E-state index contributed by atoms with van der Waals surface area (Å²) in [5.74, 6) is -1.75. The number of nitrogens with zero attached hydrogens (tertiary/aromatic N) is 5. The highest BCUT2D eigenvalue weighted by Gasteiger charge is 2.35. The van der Waals surface area contributed by atoms with Gasteiger partial charge in [0.25, 0.3) is 11.8 Å². The predicted octanol–water partition coefficient (Wildman–Crippen LogP) is 3.69. The highest BCUT2D eigenvalue weighted by Crippen LogP contribution is 2.45. The van der Waals surface area contributed by atoms with E-state index in [1.54, 1.807) is 24.5 Å². The molecule has 3 aromatic heterocycles. The van der Waals surface area contributed by atoms with Crippen LogP contribution in [0.15, 0.2) is 42.7 Å². The monoisotopic (exact) mass is 558 g/mol. The van der Waals surface area contributed by atoms with Crippen LogP contribution >= 0.6 is 11.3 Å². The number of thiazole rings is 1. The number of hydrogen-bond acceptors (Lipinski definition) is 8. The molecule has 0 spiro atoms. The topological polar surface area (TPSA) is 122 Å². The lowest BCUT2D eigenvalue weighted by Gasteiger charge is -2.18. The third kappa shape index (κ3) is 5.20. The Kier molecular flexibility index (Phi) is 6.82. The number of halogens is 3. The Balaban J connectivity index is 1.74. The smallest absolute Gasteiger partial charge is 0.403 e. The fraction of sp³-hybridized carbons (Fsp3) is 0.240. The van der Waals surface area contributed by atoms with Crippen LogP contribution in [-0.2, 0) is 17.6 Å². The third-order valence-electron chi connectivity index (χ3n) is 5.90. The maximum Gasteiger partial charge on any atom is 0.573 e. The number of aryl methyl sites for hydroxylation is 1. The summed E-state index contributed by atoms with van der Waals surface area (Å²) in [6.07, 6.45) is -0.870. The summed E-state index contributed by atoms with van der Waals surface area (Å²) in [5.41, 5.74) is 3.00. The maximum absolute atomic E-state index is 13.5. The van der Waals surface area contributed by atoms with E-state index in [9.17, 15) is 22.8 Å². The van der Waals surface area contributed by atoms with Gasteiger partial charge < -0.3 is 14.7 Å². The van der Waals surface area contributed by atoms with E-state index < -0.39 is 30.5 Å². The van der Waals surface area contributed by atoms with Gasteiger partial charge in [-0.25, -0.2) is 9.67 Å². The van der Waals surface area contributed by atoms with Crippen molar-refractivity contribution in [2.24, 2.45) is 0 Å². The molecule has 0 unspecified atom stereocenters. The number of aliphatic hydroxyl groups is 1. The molecule has 0 bridgehead atoms. The molecule has 2 N–H and O–H groups in total. The first kappa shape index (κ1) is 26.3. The lowest BCUT2D eigenvalue weighted by atomic mass is 9.95. The van der Waals surface area contributed by atoms with Gasteiger partial charge in [0, 0.05) is 43.2 Å². The van der Waals surface area contributed by atoms with Crippen molar-refractivity contribution in [3.63, 3.8) is 0 Å². The number of alkyl halides is 3. The molecule has 202 valence electrons. The number of carbonyl (C=O) groups excluding carboxylic acids is 2. The second kappa shape index (κ2) is 10.1. The van der Waals surface area contributed by atoms with Crippen LogP contribution < -0.4 is 10.1 Å². The number of hydrogen-bond donors (Lipinski definition) is 2. The van der Waals surface area contributed by atoms with Gasteiger partial charge in [0.05, 0.1) is 22.0 Å². The molecule has 1 aliphatic rings. The van der Waals surface area contributed by atoms with Crippen LogP contribution in [0.25, 0.3) is 27.5 Å². The van der Waals surface area contributed by atoms with E-state index in [0.29, 0.717) is 40.4 Å². The normalized spacial score (nSPS) is 12.5. The second-order valence-corrected chi connectivity index (χ2v) is 9.76. The van der Waals surface area contributed by atoms with E-state index in [0.717, 1.165) is 23.0 Å². The van der Waals surface area contributed by atoms with Gasteiger partial charge in [0.2, 0.25) is 0 Å².